The molecule has 0 spiro atoms. The normalized spacial score (nSPS) is 13.4. The van der Waals surface area contributed by atoms with Gasteiger partial charge in [0.15, 0.2) is 0 Å². The zero-order valence-electron chi connectivity index (χ0n) is 11.0. The van der Waals surface area contributed by atoms with E-state index in [4.69, 9.17) is 20.5 Å². The molecule has 18 heavy (non-hydrogen) atoms. The maximum absolute atomic E-state index is 8.76. The Kier molecular flexibility index (Phi) is 5.47. The zero-order chi connectivity index (χ0) is 13.4. The summed E-state index contributed by atoms with van der Waals surface area (Å²) in [5.41, 5.74) is 5.00. The van der Waals surface area contributed by atoms with Crippen LogP contribution in [0.5, 0.6) is 11.5 Å². The van der Waals surface area contributed by atoms with Crippen LogP contribution in [0, 0.1) is 11.3 Å². The first-order valence-electron chi connectivity index (χ1n) is 6.04. The van der Waals surface area contributed by atoms with E-state index in [9.17, 15) is 0 Å². The summed E-state index contributed by atoms with van der Waals surface area (Å²) >= 11 is 0. The largest absolute Gasteiger partial charge is 0.497 e. The number of rotatable bonds is 7. The molecule has 1 atom stereocenters. The lowest BCUT2D eigenvalue weighted by molar-refractivity contribution is 0.300. The predicted molar refractivity (Wildman–Crippen MR) is 70.5 cm³/mol. The van der Waals surface area contributed by atoms with Gasteiger partial charge in [-0.1, -0.05) is 0 Å². The number of nitrogens with two attached hydrogens (primary N) is 1. The summed E-state index contributed by atoms with van der Waals surface area (Å²) in [7, 11) is 1.63. The number of hydrogen-bond donors (Lipinski definition) is 1. The van der Waals surface area contributed by atoms with Crippen LogP contribution in [0.1, 0.15) is 26.2 Å². The molecular formula is C14H20N2O2. The molecule has 0 saturated carbocycles. The average Bonchev–Trinajstić information content (AvgIpc) is 2.39. The van der Waals surface area contributed by atoms with Crippen LogP contribution in [0.3, 0.4) is 0 Å². The number of unbranched alkanes of at least 4 members (excludes halogenated alkanes) is 1. The van der Waals surface area contributed by atoms with Crippen LogP contribution in [-0.2, 0) is 0 Å². The van der Waals surface area contributed by atoms with Crippen molar-refractivity contribution in [2.24, 2.45) is 5.73 Å². The molecule has 4 nitrogen and oxygen atoms in total. The summed E-state index contributed by atoms with van der Waals surface area (Å²) in [5.74, 6) is 1.64. The predicted octanol–water partition coefficient (Wildman–Crippen LogP) is 2.49. The number of nitrogens with zero attached hydrogens (tertiary/aromatic N) is 1. The highest BCUT2D eigenvalue weighted by molar-refractivity contribution is 5.31. The fourth-order valence-electron chi connectivity index (χ4n) is 1.51. The van der Waals surface area contributed by atoms with Crippen molar-refractivity contribution in [3.63, 3.8) is 0 Å². The molecule has 0 aliphatic rings. The van der Waals surface area contributed by atoms with E-state index in [1.54, 1.807) is 14.0 Å². The molecule has 0 aliphatic heterocycles. The smallest absolute Gasteiger partial charge is 0.119 e. The van der Waals surface area contributed by atoms with Crippen LogP contribution in [-0.4, -0.2) is 19.3 Å². The fraction of sp³-hybridized carbons (Fsp3) is 0.500. The Balaban J connectivity index is 2.20. The van der Waals surface area contributed by atoms with Gasteiger partial charge in [-0.05, 0) is 50.5 Å². The van der Waals surface area contributed by atoms with Crippen LogP contribution in [0.15, 0.2) is 24.3 Å². The Morgan fingerprint density at radius 2 is 1.83 bits per heavy atom. The lowest BCUT2D eigenvalue weighted by Crippen LogP contribution is -2.33. The molecule has 0 fully saturated rings. The van der Waals surface area contributed by atoms with Gasteiger partial charge in [-0.2, -0.15) is 5.26 Å². The highest BCUT2D eigenvalue weighted by Crippen LogP contribution is 2.17. The van der Waals surface area contributed by atoms with Crippen LogP contribution in [0.25, 0.3) is 0 Å². The van der Waals surface area contributed by atoms with Gasteiger partial charge in [0.1, 0.15) is 17.0 Å². The molecule has 1 aromatic rings. The summed E-state index contributed by atoms with van der Waals surface area (Å²) in [4.78, 5) is 0. The molecular weight excluding hydrogens is 228 g/mol. The maximum atomic E-state index is 8.76. The van der Waals surface area contributed by atoms with Crippen molar-refractivity contribution in [1.29, 1.82) is 5.26 Å². The summed E-state index contributed by atoms with van der Waals surface area (Å²) in [6, 6.07) is 9.56. The number of benzene rings is 1. The number of ether oxygens (including phenoxy) is 2. The van der Waals surface area contributed by atoms with Gasteiger partial charge in [0.25, 0.3) is 0 Å². The van der Waals surface area contributed by atoms with Gasteiger partial charge >= 0.3 is 0 Å². The van der Waals surface area contributed by atoms with Gasteiger partial charge in [-0.15, -0.1) is 0 Å². The van der Waals surface area contributed by atoms with Crippen LogP contribution in [0.2, 0.25) is 0 Å². The van der Waals surface area contributed by atoms with E-state index < -0.39 is 5.54 Å². The quantitative estimate of drug-likeness (QED) is 0.753. The highest BCUT2D eigenvalue weighted by Gasteiger charge is 2.15. The van der Waals surface area contributed by atoms with Crippen molar-refractivity contribution in [3.8, 4) is 17.6 Å². The molecule has 98 valence electrons. The van der Waals surface area contributed by atoms with Crippen LogP contribution >= 0.6 is 0 Å². The molecule has 0 bridgehead atoms. The van der Waals surface area contributed by atoms with Crippen molar-refractivity contribution in [1.82, 2.24) is 0 Å². The third-order valence-corrected chi connectivity index (χ3v) is 2.67. The van der Waals surface area contributed by atoms with Crippen molar-refractivity contribution in [2.75, 3.05) is 13.7 Å². The third-order valence-electron chi connectivity index (χ3n) is 2.67. The van der Waals surface area contributed by atoms with Crippen LogP contribution < -0.4 is 15.2 Å². The van der Waals surface area contributed by atoms with Gasteiger partial charge in [-0.3, -0.25) is 0 Å². The van der Waals surface area contributed by atoms with Gasteiger partial charge in [-0.25, -0.2) is 0 Å². The van der Waals surface area contributed by atoms with Crippen molar-refractivity contribution in [2.45, 2.75) is 31.7 Å². The van der Waals surface area contributed by atoms with E-state index in [-0.39, 0.29) is 0 Å². The van der Waals surface area contributed by atoms with Gasteiger partial charge in [0.2, 0.25) is 0 Å². The molecule has 0 radical (unpaired) electrons. The molecule has 0 heterocycles. The fourth-order valence-corrected chi connectivity index (χ4v) is 1.51. The van der Waals surface area contributed by atoms with Gasteiger partial charge in [0.05, 0.1) is 19.8 Å². The first-order valence-corrected chi connectivity index (χ1v) is 6.04. The number of methoxy groups -OCH3 is 1. The van der Waals surface area contributed by atoms with Crippen molar-refractivity contribution in [3.05, 3.63) is 24.3 Å². The second-order valence-corrected chi connectivity index (χ2v) is 4.51. The van der Waals surface area contributed by atoms with Crippen LogP contribution in [0.4, 0.5) is 0 Å². The SMILES string of the molecule is COc1ccc(OCCCCC(C)(N)C#N)cc1. The summed E-state index contributed by atoms with van der Waals surface area (Å²) in [6.07, 6.45) is 2.46. The van der Waals surface area contributed by atoms with E-state index in [1.165, 1.54) is 0 Å². The topological polar surface area (TPSA) is 68.3 Å². The average molecular weight is 248 g/mol. The minimum Gasteiger partial charge on any atom is -0.497 e. The summed E-state index contributed by atoms with van der Waals surface area (Å²) in [5, 5.41) is 8.76. The lowest BCUT2D eigenvalue weighted by atomic mass is 9.98. The molecule has 0 amide bonds. The zero-order valence-corrected chi connectivity index (χ0v) is 11.0. The number of nitriles is 1. The minimum atomic E-state index is -0.722. The molecule has 1 aromatic carbocycles. The molecule has 0 saturated heterocycles. The van der Waals surface area contributed by atoms with E-state index >= 15 is 0 Å². The molecule has 2 N–H and O–H groups in total. The van der Waals surface area contributed by atoms with E-state index in [0.717, 1.165) is 24.3 Å². The Morgan fingerprint density at radius 1 is 1.22 bits per heavy atom. The van der Waals surface area contributed by atoms with Gasteiger partial charge in [0, 0.05) is 0 Å². The van der Waals surface area contributed by atoms with E-state index in [0.29, 0.717) is 13.0 Å². The molecule has 0 aliphatic carbocycles. The Bertz CT molecular complexity index is 393. The number of hydrogen-bond acceptors (Lipinski definition) is 4. The molecule has 4 heteroatoms. The van der Waals surface area contributed by atoms with Crippen molar-refractivity contribution >= 4 is 0 Å². The summed E-state index contributed by atoms with van der Waals surface area (Å²) in [6.45, 7) is 2.38. The third kappa shape index (κ3) is 5.07. The second-order valence-electron chi connectivity index (χ2n) is 4.51. The molecule has 1 rings (SSSR count). The van der Waals surface area contributed by atoms with E-state index in [1.807, 2.05) is 24.3 Å². The van der Waals surface area contributed by atoms with Crippen molar-refractivity contribution < 1.29 is 9.47 Å². The van der Waals surface area contributed by atoms with E-state index in [2.05, 4.69) is 6.07 Å². The standard InChI is InChI=1S/C14H20N2O2/c1-14(16,11-15)9-3-4-10-18-13-7-5-12(17-2)6-8-13/h5-8H,3-4,9-10,16H2,1-2H3. The Morgan fingerprint density at radius 3 is 2.39 bits per heavy atom. The Labute approximate surface area is 108 Å². The maximum Gasteiger partial charge on any atom is 0.119 e. The first kappa shape index (κ1) is 14.3. The highest BCUT2D eigenvalue weighted by atomic mass is 16.5. The monoisotopic (exact) mass is 248 g/mol. The minimum absolute atomic E-state index is 0.633. The first-order chi connectivity index (χ1) is 8.57. The summed E-state index contributed by atoms with van der Waals surface area (Å²) < 4.78 is 10.6. The molecule has 1 unspecified atom stereocenters. The Hall–Kier alpha value is -1.73. The molecule has 0 aromatic heterocycles. The second kappa shape index (κ2) is 6.87. The van der Waals surface area contributed by atoms with Gasteiger partial charge < -0.3 is 15.2 Å². The lowest BCUT2D eigenvalue weighted by Gasteiger charge is -2.14.